The number of amides is 1. The molecule has 1 heterocycles. The van der Waals surface area contributed by atoms with E-state index in [1.54, 1.807) is 6.07 Å². The number of methoxy groups -OCH3 is 1. The summed E-state index contributed by atoms with van der Waals surface area (Å²) in [6.45, 7) is -0.585. The Balaban J connectivity index is 2.22. The Bertz CT molecular complexity index is 818. The minimum Gasteiger partial charge on any atom is -0.495 e. The number of rotatable bonds is 4. The molecule has 0 saturated carbocycles. The molecule has 9 heteroatoms. The van der Waals surface area contributed by atoms with Crippen LogP contribution in [0.15, 0.2) is 41.3 Å². The van der Waals surface area contributed by atoms with Gasteiger partial charge in [0, 0.05) is 17.3 Å². The second-order valence-electron chi connectivity index (χ2n) is 4.77. The standard InChI is InChI=1S/C15H12ClF3N2O3/c1-24-12-4-3-10(16)6-11(12)20-13(22)8-21-7-9(15(17,18)19)2-5-14(21)23/h2-7H,8H2,1H3,(H,20,22). The first-order valence-corrected chi connectivity index (χ1v) is 6.99. The molecule has 0 aliphatic heterocycles. The van der Waals surface area contributed by atoms with Crippen LogP contribution in [-0.2, 0) is 17.5 Å². The molecule has 0 aliphatic carbocycles. The van der Waals surface area contributed by atoms with E-state index in [0.29, 0.717) is 27.6 Å². The smallest absolute Gasteiger partial charge is 0.417 e. The first-order valence-electron chi connectivity index (χ1n) is 6.62. The van der Waals surface area contributed by atoms with Gasteiger partial charge in [-0.25, -0.2) is 0 Å². The van der Waals surface area contributed by atoms with Crippen LogP contribution >= 0.6 is 11.6 Å². The Hall–Kier alpha value is -2.48. The lowest BCUT2D eigenvalue weighted by atomic mass is 10.2. The second-order valence-corrected chi connectivity index (χ2v) is 5.21. The van der Waals surface area contributed by atoms with Crippen LogP contribution in [0.5, 0.6) is 5.75 Å². The number of carbonyl (C=O) groups is 1. The number of benzene rings is 1. The van der Waals surface area contributed by atoms with Crippen molar-refractivity contribution in [2.24, 2.45) is 0 Å². The molecule has 0 bridgehead atoms. The number of nitrogens with one attached hydrogen (secondary N) is 1. The van der Waals surface area contributed by atoms with Gasteiger partial charge in [-0.1, -0.05) is 11.6 Å². The maximum atomic E-state index is 12.7. The molecule has 1 aromatic heterocycles. The van der Waals surface area contributed by atoms with Crippen molar-refractivity contribution in [3.63, 3.8) is 0 Å². The highest BCUT2D eigenvalue weighted by Gasteiger charge is 2.31. The van der Waals surface area contributed by atoms with E-state index < -0.39 is 29.8 Å². The van der Waals surface area contributed by atoms with Crippen LogP contribution in [0.3, 0.4) is 0 Å². The third-order valence-corrected chi connectivity index (χ3v) is 3.30. The summed E-state index contributed by atoms with van der Waals surface area (Å²) in [4.78, 5) is 23.7. The summed E-state index contributed by atoms with van der Waals surface area (Å²) in [5.74, 6) is -0.374. The summed E-state index contributed by atoms with van der Waals surface area (Å²) >= 11 is 5.83. The van der Waals surface area contributed by atoms with Gasteiger partial charge in [-0.2, -0.15) is 13.2 Å². The summed E-state index contributed by atoms with van der Waals surface area (Å²) in [5, 5.41) is 2.78. The highest BCUT2D eigenvalue weighted by Crippen LogP contribution is 2.29. The Labute approximate surface area is 139 Å². The molecule has 5 nitrogen and oxygen atoms in total. The molecular weight excluding hydrogens is 349 g/mol. The predicted octanol–water partition coefficient (Wildman–Crippen LogP) is 3.17. The summed E-state index contributed by atoms with van der Waals surface area (Å²) < 4.78 is 43.8. The number of hydrogen-bond acceptors (Lipinski definition) is 3. The topological polar surface area (TPSA) is 60.3 Å². The third-order valence-electron chi connectivity index (χ3n) is 3.06. The molecule has 24 heavy (non-hydrogen) atoms. The zero-order valence-corrected chi connectivity index (χ0v) is 13.1. The van der Waals surface area contributed by atoms with Gasteiger partial charge in [0.25, 0.3) is 5.56 Å². The number of ether oxygens (including phenoxy) is 1. The number of nitrogens with zero attached hydrogens (tertiary/aromatic N) is 1. The summed E-state index contributed by atoms with van der Waals surface area (Å²) in [7, 11) is 1.39. The van der Waals surface area contributed by atoms with Gasteiger partial charge in [0.1, 0.15) is 12.3 Å². The van der Waals surface area contributed by atoms with E-state index in [1.807, 2.05) is 0 Å². The number of aromatic nitrogens is 1. The predicted molar refractivity (Wildman–Crippen MR) is 82.3 cm³/mol. The molecule has 1 N–H and O–H groups in total. The van der Waals surface area contributed by atoms with Gasteiger partial charge in [-0.05, 0) is 24.3 Å². The minimum absolute atomic E-state index is 0.245. The van der Waals surface area contributed by atoms with Gasteiger partial charge in [-0.15, -0.1) is 0 Å². The molecule has 0 saturated heterocycles. The monoisotopic (exact) mass is 360 g/mol. The van der Waals surface area contributed by atoms with Crippen molar-refractivity contribution >= 4 is 23.2 Å². The van der Waals surface area contributed by atoms with Crippen molar-refractivity contribution in [1.82, 2.24) is 4.57 Å². The van der Waals surface area contributed by atoms with Crippen LogP contribution in [0, 0.1) is 0 Å². The fourth-order valence-corrected chi connectivity index (χ4v) is 2.12. The minimum atomic E-state index is -4.61. The molecule has 2 aromatic rings. The van der Waals surface area contributed by atoms with Crippen LogP contribution in [0.25, 0.3) is 0 Å². The van der Waals surface area contributed by atoms with E-state index in [0.717, 1.165) is 6.07 Å². The van der Waals surface area contributed by atoms with Crippen LogP contribution in [-0.4, -0.2) is 17.6 Å². The number of halogens is 4. The molecule has 1 aromatic carbocycles. The zero-order chi connectivity index (χ0) is 17.9. The lowest BCUT2D eigenvalue weighted by Crippen LogP contribution is -2.28. The SMILES string of the molecule is COc1ccc(Cl)cc1NC(=O)Cn1cc(C(F)(F)F)ccc1=O. The average Bonchev–Trinajstić information content (AvgIpc) is 2.48. The number of anilines is 1. The van der Waals surface area contributed by atoms with Crippen LogP contribution < -0.4 is 15.6 Å². The summed E-state index contributed by atoms with van der Waals surface area (Å²) in [5.41, 5.74) is -1.50. The Morgan fingerprint density at radius 3 is 2.62 bits per heavy atom. The highest BCUT2D eigenvalue weighted by molar-refractivity contribution is 6.31. The van der Waals surface area contributed by atoms with E-state index in [2.05, 4.69) is 5.32 Å². The van der Waals surface area contributed by atoms with Gasteiger partial charge >= 0.3 is 6.18 Å². The lowest BCUT2D eigenvalue weighted by molar-refractivity contribution is -0.138. The van der Waals surface area contributed by atoms with E-state index in [4.69, 9.17) is 16.3 Å². The van der Waals surface area contributed by atoms with Gasteiger partial charge in [-0.3, -0.25) is 9.59 Å². The number of carbonyl (C=O) groups excluding carboxylic acids is 1. The van der Waals surface area contributed by atoms with E-state index in [1.165, 1.54) is 19.2 Å². The Kier molecular flexibility index (Phi) is 5.18. The Morgan fingerprint density at radius 2 is 2.00 bits per heavy atom. The molecular formula is C15H12ClF3N2O3. The first kappa shape index (κ1) is 17.9. The molecule has 0 unspecified atom stereocenters. The molecule has 0 aliphatic rings. The fraction of sp³-hybridized carbons (Fsp3) is 0.200. The number of hydrogen-bond donors (Lipinski definition) is 1. The second kappa shape index (κ2) is 6.96. The molecule has 0 fully saturated rings. The quantitative estimate of drug-likeness (QED) is 0.911. The van der Waals surface area contributed by atoms with Crippen LogP contribution in [0.1, 0.15) is 5.56 Å². The maximum absolute atomic E-state index is 12.7. The van der Waals surface area contributed by atoms with Gasteiger partial charge in [0.15, 0.2) is 0 Å². The average molecular weight is 361 g/mol. The molecule has 1 amide bonds. The lowest BCUT2D eigenvalue weighted by Gasteiger charge is -2.13. The van der Waals surface area contributed by atoms with Crippen molar-refractivity contribution in [1.29, 1.82) is 0 Å². The van der Waals surface area contributed by atoms with Gasteiger partial charge in [0.2, 0.25) is 5.91 Å². The molecule has 0 spiro atoms. The highest BCUT2D eigenvalue weighted by atomic mass is 35.5. The van der Waals surface area contributed by atoms with E-state index in [9.17, 15) is 22.8 Å². The maximum Gasteiger partial charge on any atom is 0.417 e. The van der Waals surface area contributed by atoms with Crippen LogP contribution in [0.2, 0.25) is 5.02 Å². The molecule has 128 valence electrons. The van der Waals surface area contributed by atoms with Gasteiger partial charge in [0.05, 0.1) is 18.4 Å². The van der Waals surface area contributed by atoms with Crippen molar-refractivity contribution in [3.05, 3.63) is 57.5 Å². The number of pyridine rings is 1. The van der Waals surface area contributed by atoms with Crippen molar-refractivity contribution in [2.45, 2.75) is 12.7 Å². The first-order chi connectivity index (χ1) is 11.2. The molecule has 0 radical (unpaired) electrons. The fourth-order valence-electron chi connectivity index (χ4n) is 1.94. The van der Waals surface area contributed by atoms with Gasteiger partial charge < -0.3 is 14.6 Å². The number of alkyl halides is 3. The van der Waals surface area contributed by atoms with E-state index >= 15 is 0 Å². The third kappa shape index (κ3) is 4.29. The van der Waals surface area contributed by atoms with Crippen molar-refractivity contribution in [2.75, 3.05) is 12.4 Å². The summed E-state index contributed by atoms with van der Waals surface area (Å²) in [6, 6.07) is 5.92. The summed E-state index contributed by atoms with van der Waals surface area (Å²) in [6.07, 6.45) is -4.01. The van der Waals surface area contributed by atoms with E-state index in [-0.39, 0.29) is 5.69 Å². The van der Waals surface area contributed by atoms with Crippen LogP contribution in [0.4, 0.5) is 18.9 Å². The van der Waals surface area contributed by atoms with Crippen molar-refractivity contribution < 1.29 is 22.7 Å². The Morgan fingerprint density at radius 1 is 1.29 bits per heavy atom. The largest absolute Gasteiger partial charge is 0.495 e. The molecule has 2 rings (SSSR count). The van der Waals surface area contributed by atoms with Crippen molar-refractivity contribution in [3.8, 4) is 5.75 Å². The normalized spacial score (nSPS) is 11.2. The zero-order valence-electron chi connectivity index (χ0n) is 12.4. The molecule has 0 atom stereocenters.